The molecule has 1 aliphatic carbocycles. The second kappa shape index (κ2) is 9.02. The van der Waals surface area contributed by atoms with Crippen molar-refractivity contribution in [2.24, 2.45) is 0 Å². The molecule has 5 rings (SSSR count). The van der Waals surface area contributed by atoms with E-state index in [0.717, 1.165) is 30.5 Å². The van der Waals surface area contributed by atoms with Crippen molar-refractivity contribution < 1.29 is 9.18 Å². The molecule has 0 spiro atoms. The van der Waals surface area contributed by atoms with Crippen LogP contribution in [-0.4, -0.2) is 43.1 Å². The molecule has 4 aromatic rings. The smallest absolute Gasteiger partial charge is 0.216 e. The molecule has 0 bridgehead atoms. The van der Waals surface area contributed by atoms with E-state index in [1.165, 1.54) is 22.3 Å². The summed E-state index contributed by atoms with van der Waals surface area (Å²) in [6.07, 6.45) is 10.2. The monoisotopic (exact) mass is 464 g/mol. The molecule has 0 atom stereocenters. The number of carbonyl (C=O) groups excluding carboxylic acids is 1. The summed E-state index contributed by atoms with van der Waals surface area (Å²) in [5, 5.41) is 12.6. The molecular formula is C22H21FN8OS. The Morgan fingerprint density at radius 2 is 2.09 bits per heavy atom. The summed E-state index contributed by atoms with van der Waals surface area (Å²) in [6, 6.07) is 6.75. The molecule has 0 aliphatic heterocycles. The van der Waals surface area contributed by atoms with E-state index in [9.17, 15) is 9.18 Å². The second-order valence-electron chi connectivity index (χ2n) is 7.90. The minimum Gasteiger partial charge on any atom is -0.368 e. The Morgan fingerprint density at radius 3 is 2.76 bits per heavy atom. The maximum Gasteiger partial charge on any atom is 0.216 e. The molecule has 1 amide bonds. The number of imidazole rings is 1. The van der Waals surface area contributed by atoms with E-state index in [1.54, 1.807) is 30.9 Å². The van der Waals surface area contributed by atoms with E-state index in [1.807, 2.05) is 12.1 Å². The van der Waals surface area contributed by atoms with E-state index in [-0.39, 0.29) is 11.2 Å². The van der Waals surface area contributed by atoms with E-state index >= 15 is 0 Å². The summed E-state index contributed by atoms with van der Waals surface area (Å²) in [6.45, 7) is 0.901. The highest BCUT2D eigenvalue weighted by Gasteiger charge is 2.41. The van der Waals surface area contributed by atoms with Gasteiger partial charge in [-0.2, -0.15) is 0 Å². The number of hydrogen-bond donors (Lipinski definition) is 2. The van der Waals surface area contributed by atoms with Crippen LogP contribution in [0.3, 0.4) is 0 Å². The summed E-state index contributed by atoms with van der Waals surface area (Å²) < 4.78 is 14.3. The van der Waals surface area contributed by atoms with E-state index in [0.29, 0.717) is 41.3 Å². The fourth-order valence-corrected chi connectivity index (χ4v) is 4.80. The van der Waals surface area contributed by atoms with Crippen molar-refractivity contribution in [1.82, 2.24) is 30.1 Å². The minimum atomic E-state index is -0.311. The van der Waals surface area contributed by atoms with Gasteiger partial charge < -0.3 is 10.3 Å². The number of amides is 1. The highest BCUT2D eigenvalue weighted by Crippen LogP contribution is 2.43. The van der Waals surface area contributed by atoms with Gasteiger partial charge in [0.25, 0.3) is 0 Å². The lowest BCUT2D eigenvalue weighted by molar-refractivity contribution is -0.107. The molecule has 4 aromatic heterocycles. The van der Waals surface area contributed by atoms with Crippen LogP contribution >= 0.6 is 11.3 Å². The summed E-state index contributed by atoms with van der Waals surface area (Å²) in [5.74, 6) is 0.827. The number of aromatic amines is 1. The number of nitrogens with zero attached hydrogens (tertiary/aromatic N) is 6. The molecule has 0 unspecified atom stereocenters. The Morgan fingerprint density at radius 1 is 1.18 bits per heavy atom. The zero-order valence-corrected chi connectivity index (χ0v) is 18.4. The highest BCUT2D eigenvalue weighted by atomic mass is 32.1. The van der Waals surface area contributed by atoms with Crippen LogP contribution in [-0.2, 0) is 16.8 Å². The summed E-state index contributed by atoms with van der Waals surface area (Å²) in [7, 11) is 0. The van der Waals surface area contributed by atoms with Crippen LogP contribution in [0.25, 0.3) is 10.7 Å². The van der Waals surface area contributed by atoms with E-state index in [2.05, 4.69) is 35.5 Å². The predicted octanol–water partition coefficient (Wildman–Crippen LogP) is 3.55. The maximum atomic E-state index is 14.3. The molecule has 0 saturated heterocycles. The minimum absolute atomic E-state index is 0.264. The van der Waals surface area contributed by atoms with Gasteiger partial charge in [0.1, 0.15) is 22.3 Å². The van der Waals surface area contributed by atoms with Gasteiger partial charge in [-0.05, 0) is 37.1 Å². The molecule has 33 heavy (non-hydrogen) atoms. The maximum absolute atomic E-state index is 14.3. The van der Waals surface area contributed by atoms with E-state index in [4.69, 9.17) is 0 Å². The van der Waals surface area contributed by atoms with Gasteiger partial charge in [-0.3, -0.25) is 14.7 Å². The third kappa shape index (κ3) is 4.31. The number of pyridine rings is 1. The molecule has 1 fully saturated rings. The van der Waals surface area contributed by atoms with Crippen molar-refractivity contribution in [1.29, 1.82) is 0 Å². The van der Waals surface area contributed by atoms with Gasteiger partial charge in [-0.25, -0.2) is 14.4 Å². The fraction of sp³-hybridized carbons (Fsp3) is 0.273. The Labute approximate surface area is 193 Å². The lowest BCUT2D eigenvalue weighted by Crippen LogP contribution is -2.42. The normalized spacial score (nSPS) is 14.5. The summed E-state index contributed by atoms with van der Waals surface area (Å²) in [4.78, 5) is 29.5. The van der Waals surface area contributed by atoms with Crippen molar-refractivity contribution in [3.63, 3.8) is 0 Å². The zero-order chi connectivity index (χ0) is 22.7. The topological polar surface area (TPSA) is 113 Å². The molecule has 2 N–H and O–H groups in total. The number of halogens is 1. The van der Waals surface area contributed by atoms with E-state index < -0.39 is 0 Å². The molecule has 4 heterocycles. The Hall–Kier alpha value is -3.73. The molecule has 0 aromatic carbocycles. The van der Waals surface area contributed by atoms with Crippen LogP contribution in [0.5, 0.6) is 0 Å². The predicted molar refractivity (Wildman–Crippen MR) is 122 cm³/mol. The lowest BCUT2D eigenvalue weighted by atomic mass is 9.66. The van der Waals surface area contributed by atoms with Crippen LogP contribution in [0.15, 0.2) is 49.1 Å². The molecule has 11 heteroatoms. The van der Waals surface area contributed by atoms with Gasteiger partial charge in [0, 0.05) is 41.6 Å². The molecule has 1 aliphatic rings. The number of aromatic nitrogens is 6. The SMILES string of the molecule is O=CN(Cc1cnc(-c2ccc(NCC3(c4ncccc4F)CCC3)nn2)s1)c1ncc[nH]1. The van der Waals surface area contributed by atoms with Crippen LogP contribution in [0.2, 0.25) is 0 Å². The van der Waals surface area contributed by atoms with Gasteiger partial charge in [-0.1, -0.05) is 6.42 Å². The molecule has 0 radical (unpaired) electrons. The summed E-state index contributed by atoms with van der Waals surface area (Å²) >= 11 is 1.44. The molecule has 1 saturated carbocycles. The molecule has 168 valence electrons. The van der Waals surface area contributed by atoms with Crippen LogP contribution in [0, 0.1) is 5.82 Å². The first-order chi connectivity index (χ1) is 16.2. The standard InChI is InChI=1S/C22H21FN8OS/c23-16-3-1-8-24-19(16)22(6-2-7-22)13-28-18-5-4-17(29-30-18)20-27-11-15(33-20)12-31(14-32)21-25-9-10-26-21/h1,3-5,8-11,14H,2,6-7,12-13H2,(H,25,26)(H,28,30). The van der Waals surface area contributed by atoms with Gasteiger partial charge in [0.2, 0.25) is 12.4 Å². The van der Waals surface area contributed by atoms with Crippen LogP contribution < -0.4 is 10.2 Å². The third-order valence-corrected chi connectivity index (χ3v) is 6.83. The van der Waals surface area contributed by atoms with Gasteiger partial charge in [0.05, 0.1) is 12.2 Å². The highest BCUT2D eigenvalue weighted by molar-refractivity contribution is 7.15. The number of anilines is 2. The zero-order valence-electron chi connectivity index (χ0n) is 17.6. The van der Waals surface area contributed by atoms with Gasteiger partial charge >= 0.3 is 0 Å². The van der Waals surface area contributed by atoms with Crippen LogP contribution in [0.4, 0.5) is 16.2 Å². The lowest BCUT2D eigenvalue weighted by Gasteiger charge is -2.41. The Balaban J connectivity index is 1.24. The third-order valence-electron chi connectivity index (χ3n) is 5.83. The largest absolute Gasteiger partial charge is 0.368 e. The number of H-pyrrole nitrogens is 1. The van der Waals surface area contributed by atoms with Crippen molar-refractivity contribution >= 4 is 29.5 Å². The molecule has 9 nitrogen and oxygen atoms in total. The first-order valence-corrected chi connectivity index (χ1v) is 11.3. The fourth-order valence-electron chi connectivity index (χ4n) is 3.92. The van der Waals surface area contributed by atoms with Gasteiger partial charge in [0.15, 0.2) is 0 Å². The van der Waals surface area contributed by atoms with Crippen molar-refractivity contribution in [3.8, 4) is 10.7 Å². The second-order valence-corrected chi connectivity index (χ2v) is 9.02. The first-order valence-electron chi connectivity index (χ1n) is 10.5. The number of carbonyl (C=O) groups is 1. The van der Waals surface area contributed by atoms with Crippen molar-refractivity contribution in [2.45, 2.75) is 31.2 Å². The number of rotatable bonds is 9. The average molecular weight is 465 g/mol. The first kappa shape index (κ1) is 21.1. The number of hydrogen-bond acceptors (Lipinski definition) is 8. The quantitative estimate of drug-likeness (QED) is 0.364. The summed E-state index contributed by atoms with van der Waals surface area (Å²) in [5.41, 5.74) is 0.845. The van der Waals surface area contributed by atoms with Crippen molar-refractivity contribution in [3.05, 3.63) is 65.4 Å². The average Bonchev–Trinajstić information content (AvgIpc) is 3.51. The van der Waals surface area contributed by atoms with Crippen molar-refractivity contribution in [2.75, 3.05) is 16.8 Å². The molecular weight excluding hydrogens is 443 g/mol. The number of thiazole rings is 1. The Bertz CT molecular complexity index is 1220. The van der Waals surface area contributed by atoms with Gasteiger partial charge in [-0.15, -0.1) is 21.5 Å². The van der Waals surface area contributed by atoms with Crippen LogP contribution in [0.1, 0.15) is 29.8 Å². The Kier molecular flexibility index (Phi) is 5.78. The number of nitrogens with one attached hydrogen (secondary N) is 2.